The summed E-state index contributed by atoms with van der Waals surface area (Å²) in [5.41, 5.74) is 1.15. The molecule has 1 aromatic carbocycles. The Labute approximate surface area is 157 Å². The highest BCUT2D eigenvalue weighted by molar-refractivity contribution is 5.79. The summed E-state index contributed by atoms with van der Waals surface area (Å²) in [6, 6.07) is 8.12. The van der Waals surface area contributed by atoms with Crippen LogP contribution in [0.25, 0.3) is 0 Å². The third kappa shape index (κ3) is 10.9. The van der Waals surface area contributed by atoms with E-state index in [9.17, 15) is 0 Å². The smallest absolute Gasteiger partial charge is 0.191 e. The Bertz CT molecular complexity index is 509. The quantitative estimate of drug-likeness (QED) is 0.312. The number of nitrogens with one attached hydrogen (secondary N) is 2. The van der Waals surface area contributed by atoms with Crippen LogP contribution in [0.1, 0.15) is 12.0 Å². The third-order valence-electron chi connectivity index (χ3n) is 3.58. The van der Waals surface area contributed by atoms with Crippen LogP contribution >= 0.6 is 0 Å². The monoisotopic (exact) mass is 366 g/mol. The number of hydrogen-bond acceptors (Lipinski definition) is 5. The summed E-state index contributed by atoms with van der Waals surface area (Å²) in [7, 11) is 7.51. The SMILES string of the molecule is CN=C(NCCCOCCOC)NCc1cccc(OCCN(C)C)c1. The van der Waals surface area contributed by atoms with Crippen LogP contribution in [0.3, 0.4) is 0 Å². The fraction of sp³-hybridized carbons (Fsp3) is 0.632. The number of nitrogens with zero attached hydrogens (tertiary/aromatic N) is 2. The molecule has 0 aromatic heterocycles. The molecule has 0 aliphatic carbocycles. The molecule has 0 saturated carbocycles. The summed E-state index contributed by atoms with van der Waals surface area (Å²) in [5, 5.41) is 6.60. The predicted octanol–water partition coefficient (Wildman–Crippen LogP) is 1.35. The van der Waals surface area contributed by atoms with Crippen LogP contribution in [0, 0.1) is 0 Å². The van der Waals surface area contributed by atoms with E-state index in [2.05, 4.69) is 32.7 Å². The van der Waals surface area contributed by atoms with Gasteiger partial charge in [-0.1, -0.05) is 12.1 Å². The lowest BCUT2D eigenvalue weighted by molar-refractivity contribution is 0.0698. The number of likely N-dealkylation sites (N-methyl/N-ethyl adjacent to an activating group) is 1. The van der Waals surface area contributed by atoms with Crippen LogP contribution < -0.4 is 15.4 Å². The van der Waals surface area contributed by atoms with Gasteiger partial charge in [0, 0.05) is 40.4 Å². The third-order valence-corrected chi connectivity index (χ3v) is 3.58. The summed E-state index contributed by atoms with van der Waals surface area (Å²) in [6.07, 6.45) is 0.916. The van der Waals surface area contributed by atoms with Crippen molar-refractivity contribution in [2.75, 3.05) is 67.8 Å². The minimum absolute atomic E-state index is 0.634. The Hall–Kier alpha value is -1.83. The fourth-order valence-electron chi connectivity index (χ4n) is 2.12. The molecule has 0 radical (unpaired) electrons. The van der Waals surface area contributed by atoms with E-state index in [1.165, 1.54) is 0 Å². The first-order valence-corrected chi connectivity index (χ1v) is 9.03. The van der Waals surface area contributed by atoms with Crippen LogP contribution in [-0.2, 0) is 16.0 Å². The zero-order valence-corrected chi connectivity index (χ0v) is 16.6. The van der Waals surface area contributed by atoms with Crippen molar-refractivity contribution in [1.82, 2.24) is 15.5 Å². The number of ether oxygens (including phenoxy) is 3. The Balaban J connectivity index is 2.26. The molecule has 0 fully saturated rings. The lowest BCUT2D eigenvalue weighted by Gasteiger charge is -2.14. The molecule has 1 rings (SSSR count). The van der Waals surface area contributed by atoms with Crippen LogP contribution in [0.4, 0.5) is 0 Å². The van der Waals surface area contributed by atoms with Gasteiger partial charge >= 0.3 is 0 Å². The second kappa shape index (κ2) is 14.4. The molecule has 0 spiro atoms. The highest BCUT2D eigenvalue weighted by Gasteiger charge is 2.01. The fourth-order valence-corrected chi connectivity index (χ4v) is 2.12. The maximum Gasteiger partial charge on any atom is 0.191 e. The summed E-state index contributed by atoms with van der Waals surface area (Å²) >= 11 is 0. The summed E-state index contributed by atoms with van der Waals surface area (Å²) in [6.45, 7) is 5.05. The molecule has 0 heterocycles. The van der Waals surface area contributed by atoms with E-state index >= 15 is 0 Å². The maximum atomic E-state index is 5.77. The Kier molecular flexibility index (Phi) is 12.3. The van der Waals surface area contributed by atoms with E-state index in [4.69, 9.17) is 14.2 Å². The van der Waals surface area contributed by atoms with Crippen molar-refractivity contribution in [2.24, 2.45) is 4.99 Å². The molecule has 2 N–H and O–H groups in total. The van der Waals surface area contributed by atoms with Crippen LogP contribution in [-0.4, -0.2) is 78.6 Å². The first kappa shape index (κ1) is 22.2. The number of rotatable bonds is 13. The van der Waals surface area contributed by atoms with Gasteiger partial charge in [-0.05, 0) is 38.2 Å². The van der Waals surface area contributed by atoms with Gasteiger partial charge in [0.1, 0.15) is 12.4 Å². The summed E-state index contributed by atoms with van der Waals surface area (Å²) in [4.78, 5) is 6.34. The van der Waals surface area contributed by atoms with E-state index in [1.54, 1.807) is 14.2 Å². The van der Waals surface area contributed by atoms with Gasteiger partial charge in [0.25, 0.3) is 0 Å². The molecular weight excluding hydrogens is 332 g/mol. The maximum absolute atomic E-state index is 5.77. The second-order valence-corrected chi connectivity index (χ2v) is 6.11. The van der Waals surface area contributed by atoms with E-state index < -0.39 is 0 Å². The predicted molar refractivity (Wildman–Crippen MR) is 106 cm³/mol. The minimum Gasteiger partial charge on any atom is -0.492 e. The Morgan fingerprint density at radius 1 is 1.12 bits per heavy atom. The standard InChI is InChI=1S/C19H34N4O3/c1-20-19(21-9-6-11-25-14-13-24-4)22-16-17-7-5-8-18(15-17)26-12-10-23(2)3/h5,7-8,15H,6,9-14,16H2,1-4H3,(H2,20,21,22). The lowest BCUT2D eigenvalue weighted by Crippen LogP contribution is -2.37. The Morgan fingerprint density at radius 3 is 2.69 bits per heavy atom. The summed E-state index contributed by atoms with van der Waals surface area (Å²) < 4.78 is 16.1. The number of hydrogen-bond donors (Lipinski definition) is 2. The van der Waals surface area contributed by atoms with Gasteiger partial charge in [-0.2, -0.15) is 0 Å². The first-order valence-electron chi connectivity index (χ1n) is 9.03. The van der Waals surface area contributed by atoms with Crippen molar-refractivity contribution in [1.29, 1.82) is 0 Å². The molecule has 7 heteroatoms. The van der Waals surface area contributed by atoms with Crippen LogP contribution in [0.2, 0.25) is 0 Å². The number of benzene rings is 1. The molecule has 0 saturated heterocycles. The van der Waals surface area contributed by atoms with Gasteiger partial charge in [-0.15, -0.1) is 0 Å². The van der Waals surface area contributed by atoms with E-state index in [1.807, 2.05) is 26.2 Å². The zero-order valence-electron chi connectivity index (χ0n) is 16.6. The molecule has 0 aliphatic heterocycles. The first-order chi connectivity index (χ1) is 12.7. The summed E-state index contributed by atoms with van der Waals surface area (Å²) in [5.74, 6) is 1.67. The molecule has 0 atom stereocenters. The molecule has 1 aromatic rings. The van der Waals surface area contributed by atoms with Crippen LogP contribution in [0.15, 0.2) is 29.3 Å². The van der Waals surface area contributed by atoms with Crippen molar-refractivity contribution in [3.05, 3.63) is 29.8 Å². The van der Waals surface area contributed by atoms with Crippen molar-refractivity contribution in [2.45, 2.75) is 13.0 Å². The minimum atomic E-state index is 0.634. The lowest BCUT2D eigenvalue weighted by atomic mass is 10.2. The average Bonchev–Trinajstić information content (AvgIpc) is 2.63. The van der Waals surface area contributed by atoms with Gasteiger partial charge in [0.05, 0.1) is 13.2 Å². The highest BCUT2D eigenvalue weighted by Crippen LogP contribution is 2.13. The second-order valence-electron chi connectivity index (χ2n) is 6.11. The molecule has 0 amide bonds. The van der Waals surface area contributed by atoms with Gasteiger partial charge < -0.3 is 29.7 Å². The van der Waals surface area contributed by atoms with E-state index in [0.29, 0.717) is 33.0 Å². The average molecular weight is 367 g/mol. The van der Waals surface area contributed by atoms with Gasteiger partial charge in [-0.3, -0.25) is 4.99 Å². The van der Waals surface area contributed by atoms with Crippen molar-refractivity contribution < 1.29 is 14.2 Å². The van der Waals surface area contributed by atoms with Crippen LogP contribution in [0.5, 0.6) is 5.75 Å². The largest absolute Gasteiger partial charge is 0.492 e. The zero-order chi connectivity index (χ0) is 19.0. The normalized spacial score (nSPS) is 11.7. The van der Waals surface area contributed by atoms with E-state index in [0.717, 1.165) is 36.8 Å². The molecule has 148 valence electrons. The van der Waals surface area contributed by atoms with Gasteiger partial charge in [-0.25, -0.2) is 0 Å². The molecule has 7 nitrogen and oxygen atoms in total. The molecular formula is C19H34N4O3. The van der Waals surface area contributed by atoms with Crippen molar-refractivity contribution >= 4 is 5.96 Å². The topological polar surface area (TPSA) is 67.4 Å². The number of methoxy groups -OCH3 is 1. The highest BCUT2D eigenvalue weighted by atomic mass is 16.5. The van der Waals surface area contributed by atoms with Crippen molar-refractivity contribution in [3.8, 4) is 5.75 Å². The number of guanidine groups is 1. The molecule has 26 heavy (non-hydrogen) atoms. The Morgan fingerprint density at radius 2 is 1.96 bits per heavy atom. The molecule has 0 aliphatic rings. The molecule has 0 bridgehead atoms. The molecule has 0 unspecified atom stereocenters. The van der Waals surface area contributed by atoms with E-state index in [-0.39, 0.29) is 0 Å². The van der Waals surface area contributed by atoms with Gasteiger partial charge in [0.2, 0.25) is 0 Å². The van der Waals surface area contributed by atoms with Gasteiger partial charge in [0.15, 0.2) is 5.96 Å². The number of aliphatic imine (C=N–C) groups is 1. The van der Waals surface area contributed by atoms with Crippen molar-refractivity contribution in [3.63, 3.8) is 0 Å².